The number of nitrogens with two attached hydrogens (primary N) is 1. The quantitative estimate of drug-likeness (QED) is 0.608. The molecule has 9 nitrogen and oxygen atoms in total. The van der Waals surface area contributed by atoms with Crippen molar-refractivity contribution in [3.05, 3.63) is 28.8 Å². The van der Waals surface area contributed by atoms with E-state index in [0.717, 1.165) is 5.56 Å². The lowest BCUT2D eigenvalue weighted by Gasteiger charge is -2.15. The van der Waals surface area contributed by atoms with Crippen LogP contribution in [0.2, 0.25) is 0 Å². The van der Waals surface area contributed by atoms with E-state index in [4.69, 9.17) is 5.73 Å². The van der Waals surface area contributed by atoms with E-state index < -0.39 is 0 Å². The second-order valence-corrected chi connectivity index (χ2v) is 7.16. The number of likely N-dealkylation sites (N-methyl/N-ethyl adjacent to an activating group) is 1. The van der Waals surface area contributed by atoms with Gasteiger partial charge in [0.2, 0.25) is 11.0 Å². The second kappa shape index (κ2) is 8.59. The smallest absolute Gasteiger partial charge is 0.319 e. The molecule has 26 heavy (non-hydrogen) atoms. The molecule has 1 heterocycles. The monoisotopic (exact) mass is 377 g/mol. The number of urea groups is 1. The van der Waals surface area contributed by atoms with E-state index in [2.05, 4.69) is 26.1 Å². The molecule has 0 bridgehead atoms. The number of benzene rings is 1. The molecule has 0 radical (unpaired) electrons. The molecule has 0 aliphatic heterocycles. The van der Waals surface area contributed by atoms with Crippen LogP contribution in [0.25, 0.3) is 0 Å². The molecule has 140 valence electrons. The van der Waals surface area contributed by atoms with E-state index >= 15 is 0 Å². The number of aryl methyl sites for hydroxylation is 1. The van der Waals surface area contributed by atoms with E-state index in [1.54, 1.807) is 24.0 Å². The molecule has 1 aromatic carbocycles. The van der Waals surface area contributed by atoms with Crippen molar-refractivity contribution < 1.29 is 9.59 Å². The van der Waals surface area contributed by atoms with Gasteiger partial charge in [0.15, 0.2) is 0 Å². The van der Waals surface area contributed by atoms with Gasteiger partial charge in [-0.25, -0.2) is 4.79 Å². The van der Waals surface area contributed by atoms with E-state index in [9.17, 15) is 9.59 Å². The van der Waals surface area contributed by atoms with E-state index in [-0.39, 0.29) is 24.5 Å². The van der Waals surface area contributed by atoms with Crippen LogP contribution >= 0.6 is 11.3 Å². The summed E-state index contributed by atoms with van der Waals surface area (Å²) in [4.78, 5) is 25.9. The Kier molecular flexibility index (Phi) is 6.47. The van der Waals surface area contributed by atoms with Crippen LogP contribution in [0.5, 0.6) is 0 Å². The lowest BCUT2D eigenvalue weighted by Crippen LogP contribution is -2.31. The first-order valence-electron chi connectivity index (χ1n) is 7.96. The summed E-state index contributed by atoms with van der Waals surface area (Å²) in [7, 11) is 3.64. The lowest BCUT2D eigenvalue weighted by molar-refractivity contribution is -0.116. The highest BCUT2D eigenvalue weighted by Crippen LogP contribution is 2.21. The first-order chi connectivity index (χ1) is 12.2. The van der Waals surface area contributed by atoms with Crippen LogP contribution in [-0.2, 0) is 4.79 Å². The van der Waals surface area contributed by atoms with Crippen molar-refractivity contribution in [3.8, 4) is 0 Å². The maximum absolute atomic E-state index is 12.2. The molecule has 3 amide bonds. The number of nitrogen functional groups attached to an aromatic ring is 1. The third-order valence-electron chi connectivity index (χ3n) is 3.40. The molecular weight excluding hydrogens is 354 g/mol. The Morgan fingerprint density at radius 1 is 1.27 bits per heavy atom. The number of aromatic nitrogens is 2. The number of hydrogen-bond acceptors (Lipinski definition) is 7. The summed E-state index contributed by atoms with van der Waals surface area (Å²) < 4.78 is 0. The Morgan fingerprint density at radius 2 is 2.00 bits per heavy atom. The maximum Gasteiger partial charge on any atom is 0.319 e. The first kappa shape index (κ1) is 19.6. The van der Waals surface area contributed by atoms with Gasteiger partial charge in [-0.15, -0.1) is 10.2 Å². The highest BCUT2D eigenvalue weighted by molar-refractivity contribution is 7.15. The molecule has 2 rings (SSSR count). The van der Waals surface area contributed by atoms with Crippen LogP contribution in [0.1, 0.15) is 23.5 Å². The first-order valence-corrected chi connectivity index (χ1v) is 8.78. The van der Waals surface area contributed by atoms with Crippen LogP contribution in [0, 0.1) is 6.92 Å². The van der Waals surface area contributed by atoms with Gasteiger partial charge >= 0.3 is 6.03 Å². The van der Waals surface area contributed by atoms with E-state index in [1.165, 1.54) is 11.3 Å². The Balaban J connectivity index is 1.99. The van der Waals surface area contributed by atoms with Crippen molar-refractivity contribution in [1.82, 2.24) is 20.4 Å². The minimum Gasteiger partial charge on any atom is -0.374 e. The van der Waals surface area contributed by atoms with Gasteiger partial charge in [-0.3, -0.25) is 4.79 Å². The fourth-order valence-corrected chi connectivity index (χ4v) is 2.77. The number of hydrogen-bond donors (Lipinski definition) is 4. The molecule has 0 saturated carbocycles. The molecule has 5 N–H and O–H groups in total. The average Bonchev–Trinajstić information content (AvgIpc) is 2.96. The third kappa shape index (κ3) is 5.67. The average molecular weight is 377 g/mol. The molecule has 0 aliphatic carbocycles. The van der Waals surface area contributed by atoms with Gasteiger partial charge in [-0.05, 0) is 45.6 Å². The topological polar surface area (TPSA) is 125 Å². The maximum atomic E-state index is 12.2. The van der Waals surface area contributed by atoms with Crippen molar-refractivity contribution in [2.45, 2.75) is 19.9 Å². The number of nitrogens with zero attached hydrogens (tertiary/aromatic N) is 3. The van der Waals surface area contributed by atoms with Crippen molar-refractivity contribution >= 4 is 39.8 Å². The summed E-state index contributed by atoms with van der Waals surface area (Å²) in [5.74, 6) is -0.123. The van der Waals surface area contributed by atoms with Gasteiger partial charge < -0.3 is 26.6 Å². The molecule has 0 saturated heterocycles. The molecule has 0 aliphatic rings. The molecule has 0 spiro atoms. The minimum atomic E-state index is -0.388. The van der Waals surface area contributed by atoms with Crippen LogP contribution in [0.15, 0.2) is 18.2 Å². The summed E-state index contributed by atoms with van der Waals surface area (Å²) in [6, 6.07) is 4.60. The standard InChI is InChI=1S/C16H23N7O2S/c1-9-5-6-11(7-12(9)20-13(24)8-23(3)4)19-16(25)18-10(2)14-21-22-15(17)26-14/h5-7,10H,8H2,1-4H3,(H2,17,22)(H,20,24)(H2,18,19,25). The number of rotatable bonds is 6. The summed E-state index contributed by atoms with van der Waals surface area (Å²) >= 11 is 1.22. The SMILES string of the molecule is Cc1ccc(NC(=O)NC(C)c2nnc(N)s2)cc1NC(=O)CN(C)C. The molecule has 2 aromatic rings. The zero-order chi connectivity index (χ0) is 19.3. The molecule has 0 fully saturated rings. The number of carbonyl (C=O) groups is 2. The van der Waals surface area contributed by atoms with Gasteiger partial charge in [-0.2, -0.15) is 0 Å². The zero-order valence-corrected chi connectivity index (χ0v) is 16.0. The van der Waals surface area contributed by atoms with Crippen molar-refractivity contribution in [3.63, 3.8) is 0 Å². The number of carbonyl (C=O) groups excluding carboxylic acids is 2. The van der Waals surface area contributed by atoms with Gasteiger partial charge in [-0.1, -0.05) is 17.4 Å². The number of anilines is 3. The summed E-state index contributed by atoms with van der Waals surface area (Å²) in [5.41, 5.74) is 7.67. The predicted octanol–water partition coefficient (Wildman–Crippen LogP) is 1.81. The van der Waals surface area contributed by atoms with Crippen LogP contribution in [-0.4, -0.2) is 47.7 Å². The summed E-state index contributed by atoms with van der Waals surface area (Å²) in [5, 5.41) is 17.0. The fraction of sp³-hybridized carbons (Fsp3) is 0.375. The highest BCUT2D eigenvalue weighted by atomic mass is 32.1. The fourth-order valence-electron chi connectivity index (χ4n) is 2.16. The molecular formula is C16H23N7O2S. The Morgan fingerprint density at radius 3 is 2.62 bits per heavy atom. The summed E-state index contributed by atoms with van der Waals surface area (Å²) in [6.07, 6.45) is 0. The van der Waals surface area contributed by atoms with Gasteiger partial charge in [0.1, 0.15) is 5.01 Å². The molecule has 1 aromatic heterocycles. The highest BCUT2D eigenvalue weighted by Gasteiger charge is 2.14. The van der Waals surface area contributed by atoms with Crippen LogP contribution in [0.4, 0.5) is 21.3 Å². The van der Waals surface area contributed by atoms with E-state index in [0.29, 0.717) is 21.5 Å². The van der Waals surface area contributed by atoms with Gasteiger partial charge in [0.25, 0.3) is 0 Å². The lowest BCUT2D eigenvalue weighted by atomic mass is 10.1. The van der Waals surface area contributed by atoms with Crippen molar-refractivity contribution in [2.24, 2.45) is 0 Å². The van der Waals surface area contributed by atoms with Crippen molar-refractivity contribution in [2.75, 3.05) is 37.0 Å². The Labute approximate surface area is 156 Å². The normalized spacial score (nSPS) is 11.9. The molecule has 10 heteroatoms. The third-order valence-corrected chi connectivity index (χ3v) is 4.34. The van der Waals surface area contributed by atoms with E-state index in [1.807, 2.05) is 27.1 Å². The Bertz CT molecular complexity index is 791. The number of nitrogens with one attached hydrogen (secondary N) is 3. The number of amides is 3. The largest absolute Gasteiger partial charge is 0.374 e. The predicted molar refractivity (Wildman–Crippen MR) is 103 cm³/mol. The summed E-state index contributed by atoms with van der Waals surface area (Å²) in [6.45, 7) is 3.96. The zero-order valence-electron chi connectivity index (χ0n) is 15.2. The molecule has 1 unspecified atom stereocenters. The molecule has 1 atom stereocenters. The second-order valence-electron chi connectivity index (χ2n) is 6.11. The Hall–Kier alpha value is -2.72. The van der Waals surface area contributed by atoms with Crippen LogP contribution < -0.4 is 21.7 Å². The van der Waals surface area contributed by atoms with Crippen molar-refractivity contribution in [1.29, 1.82) is 0 Å². The van der Waals surface area contributed by atoms with Crippen LogP contribution in [0.3, 0.4) is 0 Å². The minimum absolute atomic E-state index is 0.123. The van der Waals surface area contributed by atoms with Gasteiger partial charge in [0.05, 0.1) is 12.6 Å². The van der Waals surface area contributed by atoms with Gasteiger partial charge in [0, 0.05) is 11.4 Å².